The Bertz CT molecular complexity index is 583. The third-order valence-corrected chi connectivity index (χ3v) is 3.76. The van der Waals surface area contributed by atoms with Gasteiger partial charge in [-0.25, -0.2) is 22.3 Å². The van der Waals surface area contributed by atoms with Crippen LogP contribution in [0.3, 0.4) is 0 Å². The molecule has 0 heterocycles. The summed E-state index contributed by atoms with van der Waals surface area (Å²) in [6, 6.07) is 2.04. The van der Waals surface area contributed by atoms with Gasteiger partial charge in [0.15, 0.2) is 0 Å². The van der Waals surface area contributed by atoms with Gasteiger partial charge in [-0.2, -0.15) is 0 Å². The molecule has 0 aliphatic heterocycles. The van der Waals surface area contributed by atoms with Crippen molar-refractivity contribution in [2.45, 2.75) is 17.9 Å². The summed E-state index contributed by atoms with van der Waals surface area (Å²) in [6.45, 7) is 4.94. The third-order valence-electron chi connectivity index (χ3n) is 2.16. The van der Waals surface area contributed by atoms with Crippen LogP contribution in [0, 0.1) is 5.82 Å². The lowest BCUT2D eigenvalue weighted by atomic mass is 10.2. The maximum atomic E-state index is 13.6. The van der Waals surface area contributed by atoms with Crippen LogP contribution in [-0.2, 0) is 10.0 Å². The number of carboxylic acids is 1. The van der Waals surface area contributed by atoms with Gasteiger partial charge in [-0.05, 0) is 25.1 Å². The molecule has 2 N–H and O–H groups in total. The molecular weight excluding hydrogens is 261 g/mol. The summed E-state index contributed by atoms with van der Waals surface area (Å²) >= 11 is 0. The number of carboxylic acid groups (broad SMARTS) is 1. The van der Waals surface area contributed by atoms with Crippen LogP contribution in [0.5, 0.6) is 0 Å². The fourth-order valence-electron chi connectivity index (χ4n) is 1.21. The molecule has 0 radical (unpaired) electrons. The summed E-state index contributed by atoms with van der Waals surface area (Å²) < 4.78 is 39.2. The average Bonchev–Trinajstić information content (AvgIpc) is 2.27. The van der Waals surface area contributed by atoms with Gasteiger partial charge in [0.05, 0.1) is 5.56 Å². The summed E-state index contributed by atoms with van der Waals surface area (Å²) in [6.07, 6.45) is 1.35. The molecule has 0 aromatic heterocycles. The van der Waals surface area contributed by atoms with Gasteiger partial charge in [0.2, 0.25) is 10.0 Å². The van der Waals surface area contributed by atoms with Gasteiger partial charge in [-0.3, -0.25) is 0 Å². The van der Waals surface area contributed by atoms with E-state index < -0.39 is 32.7 Å². The molecule has 0 fully saturated rings. The molecule has 1 aromatic rings. The first-order chi connectivity index (χ1) is 8.27. The molecule has 0 bridgehead atoms. The summed E-state index contributed by atoms with van der Waals surface area (Å²) in [4.78, 5) is 10.00. The number of sulfonamides is 1. The maximum Gasteiger partial charge on any atom is 0.335 e. The van der Waals surface area contributed by atoms with Crippen LogP contribution in [0.1, 0.15) is 17.3 Å². The zero-order valence-electron chi connectivity index (χ0n) is 9.55. The standard InChI is InChI=1S/C11H12FNO4S/c1-3-7(2)13-18(16,17)10-5-4-8(11(14)15)6-9(10)12/h3-7,13H,1H2,2H3,(H,14,15). The van der Waals surface area contributed by atoms with Gasteiger partial charge in [-0.15, -0.1) is 6.58 Å². The third kappa shape index (κ3) is 3.14. The molecule has 5 nitrogen and oxygen atoms in total. The number of rotatable bonds is 5. The van der Waals surface area contributed by atoms with Gasteiger partial charge >= 0.3 is 5.97 Å². The number of benzene rings is 1. The van der Waals surface area contributed by atoms with E-state index in [1.165, 1.54) is 13.0 Å². The van der Waals surface area contributed by atoms with E-state index in [2.05, 4.69) is 11.3 Å². The molecule has 1 rings (SSSR count). The van der Waals surface area contributed by atoms with Crippen molar-refractivity contribution >= 4 is 16.0 Å². The number of hydrogen-bond donors (Lipinski definition) is 2. The minimum absolute atomic E-state index is 0.316. The average molecular weight is 273 g/mol. The van der Waals surface area contributed by atoms with E-state index in [9.17, 15) is 17.6 Å². The predicted octanol–water partition coefficient (Wildman–Crippen LogP) is 1.38. The largest absolute Gasteiger partial charge is 0.478 e. The molecule has 1 atom stereocenters. The number of aromatic carboxylic acids is 1. The quantitative estimate of drug-likeness (QED) is 0.794. The second-order valence-corrected chi connectivity index (χ2v) is 5.28. The molecule has 1 unspecified atom stereocenters. The van der Waals surface area contributed by atoms with Gasteiger partial charge < -0.3 is 5.11 Å². The van der Waals surface area contributed by atoms with Crippen molar-refractivity contribution in [3.8, 4) is 0 Å². The molecule has 0 spiro atoms. The Morgan fingerprint density at radius 3 is 2.61 bits per heavy atom. The van der Waals surface area contributed by atoms with Crippen LogP contribution in [-0.4, -0.2) is 25.5 Å². The van der Waals surface area contributed by atoms with Crippen molar-refractivity contribution in [3.05, 3.63) is 42.2 Å². The zero-order valence-corrected chi connectivity index (χ0v) is 10.4. The van der Waals surface area contributed by atoms with Crippen molar-refractivity contribution < 1.29 is 22.7 Å². The number of halogens is 1. The molecule has 18 heavy (non-hydrogen) atoms. The lowest BCUT2D eigenvalue weighted by Gasteiger charge is -2.11. The monoisotopic (exact) mass is 273 g/mol. The van der Waals surface area contributed by atoms with E-state index in [1.54, 1.807) is 0 Å². The van der Waals surface area contributed by atoms with Gasteiger partial charge in [0, 0.05) is 6.04 Å². The van der Waals surface area contributed by atoms with Gasteiger partial charge in [0.1, 0.15) is 10.7 Å². The van der Waals surface area contributed by atoms with Crippen LogP contribution in [0.4, 0.5) is 4.39 Å². The van der Waals surface area contributed by atoms with Crippen LogP contribution >= 0.6 is 0 Å². The number of carbonyl (C=O) groups is 1. The van der Waals surface area contributed by atoms with Crippen LogP contribution < -0.4 is 4.72 Å². The first-order valence-electron chi connectivity index (χ1n) is 4.95. The fourth-order valence-corrected chi connectivity index (χ4v) is 2.48. The lowest BCUT2D eigenvalue weighted by molar-refractivity contribution is 0.0696. The fraction of sp³-hybridized carbons (Fsp3) is 0.182. The van der Waals surface area contributed by atoms with Crippen LogP contribution in [0.25, 0.3) is 0 Å². The Balaban J connectivity index is 3.18. The summed E-state index contributed by atoms with van der Waals surface area (Å²) in [5, 5.41) is 8.64. The highest BCUT2D eigenvalue weighted by atomic mass is 32.2. The number of nitrogens with one attached hydrogen (secondary N) is 1. The van der Waals surface area contributed by atoms with Crippen molar-refractivity contribution in [1.29, 1.82) is 0 Å². The van der Waals surface area contributed by atoms with Gasteiger partial charge in [0.25, 0.3) is 0 Å². The van der Waals surface area contributed by atoms with E-state index in [1.807, 2.05) is 0 Å². The van der Waals surface area contributed by atoms with E-state index >= 15 is 0 Å². The highest BCUT2D eigenvalue weighted by molar-refractivity contribution is 7.89. The molecule has 0 aliphatic carbocycles. The minimum atomic E-state index is -4.03. The Hall–Kier alpha value is -1.73. The normalized spacial score (nSPS) is 13.0. The van der Waals surface area contributed by atoms with Crippen molar-refractivity contribution in [1.82, 2.24) is 4.72 Å². The molecule has 0 amide bonds. The maximum absolute atomic E-state index is 13.6. The molecule has 0 saturated carbocycles. The predicted molar refractivity (Wildman–Crippen MR) is 63.3 cm³/mol. The Kier molecular flexibility index (Phi) is 4.20. The van der Waals surface area contributed by atoms with Crippen molar-refractivity contribution in [3.63, 3.8) is 0 Å². The number of hydrogen-bond acceptors (Lipinski definition) is 3. The Labute approximate surface area is 104 Å². The van der Waals surface area contributed by atoms with E-state index in [4.69, 9.17) is 5.11 Å². The zero-order chi connectivity index (χ0) is 13.9. The van der Waals surface area contributed by atoms with Crippen molar-refractivity contribution in [2.24, 2.45) is 0 Å². The van der Waals surface area contributed by atoms with Crippen molar-refractivity contribution in [2.75, 3.05) is 0 Å². The highest BCUT2D eigenvalue weighted by Gasteiger charge is 2.21. The lowest BCUT2D eigenvalue weighted by Crippen LogP contribution is -2.31. The molecule has 7 heteroatoms. The molecule has 0 aliphatic rings. The summed E-state index contributed by atoms with van der Waals surface area (Å²) in [5.41, 5.74) is -0.316. The second kappa shape index (κ2) is 5.28. The Morgan fingerprint density at radius 2 is 2.17 bits per heavy atom. The topological polar surface area (TPSA) is 83.5 Å². The first-order valence-corrected chi connectivity index (χ1v) is 6.44. The van der Waals surface area contributed by atoms with Crippen LogP contribution in [0.2, 0.25) is 0 Å². The van der Waals surface area contributed by atoms with E-state index in [0.717, 1.165) is 12.1 Å². The van der Waals surface area contributed by atoms with E-state index in [-0.39, 0.29) is 5.56 Å². The Morgan fingerprint density at radius 1 is 1.56 bits per heavy atom. The van der Waals surface area contributed by atoms with Crippen LogP contribution in [0.15, 0.2) is 35.7 Å². The van der Waals surface area contributed by atoms with E-state index in [0.29, 0.717) is 6.07 Å². The highest BCUT2D eigenvalue weighted by Crippen LogP contribution is 2.16. The molecule has 98 valence electrons. The molecule has 1 aromatic carbocycles. The first kappa shape index (κ1) is 14.3. The molecule has 0 saturated heterocycles. The summed E-state index contributed by atoms with van der Waals surface area (Å²) in [5.74, 6) is -2.44. The smallest absolute Gasteiger partial charge is 0.335 e. The minimum Gasteiger partial charge on any atom is -0.478 e. The van der Waals surface area contributed by atoms with Gasteiger partial charge in [-0.1, -0.05) is 6.08 Å². The summed E-state index contributed by atoms with van der Waals surface area (Å²) in [7, 11) is -4.03. The SMILES string of the molecule is C=CC(C)NS(=O)(=O)c1ccc(C(=O)O)cc1F. The second-order valence-electron chi connectivity index (χ2n) is 3.60. The molecular formula is C11H12FNO4S.